The van der Waals surface area contributed by atoms with Crippen molar-refractivity contribution < 1.29 is 22.6 Å². The maximum atomic E-state index is 12.2. The van der Waals surface area contributed by atoms with Crippen LogP contribution in [0.5, 0.6) is 11.5 Å². The van der Waals surface area contributed by atoms with E-state index in [2.05, 4.69) is 4.99 Å². The van der Waals surface area contributed by atoms with Crippen molar-refractivity contribution in [3.8, 4) is 11.5 Å². The van der Waals surface area contributed by atoms with Crippen LogP contribution in [0.2, 0.25) is 0 Å². The molecule has 0 unspecified atom stereocenters. The maximum Gasteiger partial charge on any atom is 0.422 e. The van der Waals surface area contributed by atoms with E-state index in [4.69, 9.17) is 15.2 Å². The Hall–Kier alpha value is -2.12. The minimum absolute atomic E-state index is 0.0422. The van der Waals surface area contributed by atoms with Gasteiger partial charge in [-0.15, -0.1) is 0 Å². The summed E-state index contributed by atoms with van der Waals surface area (Å²) in [4.78, 5) is 6.22. The molecule has 0 atom stereocenters. The van der Waals surface area contributed by atoms with E-state index in [0.717, 1.165) is 18.4 Å². The van der Waals surface area contributed by atoms with Crippen LogP contribution in [-0.4, -0.2) is 43.8 Å². The number of guanidine groups is 1. The highest BCUT2D eigenvalue weighted by Gasteiger charge is 2.29. The number of halogens is 3. The molecule has 23 heavy (non-hydrogen) atoms. The molecule has 2 rings (SSSR count). The summed E-state index contributed by atoms with van der Waals surface area (Å²) in [5.41, 5.74) is 6.67. The predicted molar refractivity (Wildman–Crippen MR) is 80.7 cm³/mol. The normalized spacial score (nSPS) is 15.4. The van der Waals surface area contributed by atoms with Gasteiger partial charge < -0.3 is 20.1 Å². The average Bonchev–Trinajstić information content (AvgIpc) is 3.34. The summed E-state index contributed by atoms with van der Waals surface area (Å²) in [6.07, 6.45) is -2.16. The third-order valence-electron chi connectivity index (χ3n) is 3.50. The molecule has 1 aliphatic rings. The number of hydrogen-bond donors (Lipinski definition) is 1. The second-order valence-corrected chi connectivity index (χ2v) is 5.41. The van der Waals surface area contributed by atoms with Crippen LogP contribution in [-0.2, 0) is 6.54 Å². The molecular weight excluding hydrogens is 311 g/mol. The summed E-state index contributed by atoms with van der Waals surface area (Å²) in [6, 6.07) is 5.14. The molecule has 0 aliphatic heterocycles. The number of nitrogens with two attached hydrogens (primary N) is 1. The molecule has 1 aromatic carbocycles. The van der Waals surface area contributed by atoms with Crippen molar-refractivity contribution >= 4 is 5.96 Å². The number of nitrogens with zero attached hydrogens (tertiary/aromatic N) is 2. The van der Waals surface area contributed by atoms with E-state index in [-0.39, 0.29) is 11.5 Å². The van der Waals surface area contributed by atoms with Crippen LogP contribution in [0.15, 0.2) is 23.2 Å². The Morgan fingerprint density at radius 1 is 1.35 bits per heavy atom. The van der Waals surface area contributed by atoms with Crippen molar-refractivity contribution in [3.05, 3.63) is 23.8 Å². The number of alkyl halides is 3. The van der Waals surface area contributed by atoms with Gasteiger partial charge in [-0.2, -0.15) is 13.2 Å². The molecular formula is C15H20F3N3O2. The standard InChI is InChI=1S/C15H20F3N3O2/c1-21(11-4-5-11)14(19)20-8-10-3-6-12(13(7-10)22-2)23-9-15(16,17)18/h3,6-7,11H,4-5,8-9H2,1-2H3,(H2,19,20). The monoisotopic (exact) mass is 331 g/mol. The minimum atomic E-state index is -4.39. The summed E-state index contributed by atoms with van der Waals surface area (Å²) >= 11 is 0. The SMILES string of the molecule is COc1cc(CN=C(N)N(C)C2CC2)ccc1OCC(F)(F)F. The smallest absolute Gasteiger partial charge is 0.422 e. The highest BCUT2D eigenvalue weighted by Crippen LogP contribution is 2.30. The summed E-state index contributed by atoms with van der Waals surface area (Å²) in [7, 11) is 3.27. The number of methoxy groups -OCH3 is 1. The Kier molecular flexibility index (Phi) is 5.23. The number of benzene rings is 1. The molecule has 1 aliphatic carbocycles. The topological polar surface area (TPSA) is 60.1 Å². The van der Waals surface area contributed by atoms with Crippen LogP contribution in [0.1, 0.15) is 18.4 Å². The molecule has 0 bridgehead atoms. The Morgan fingerprint density at radius 3 is 2.61 bits per heavy atom. The van der Waals surface area contributed by atoms with Crippen molar-refractivity contribution in [1.29, 1.82) is 0 Å². The fourth-order valence-electron chi connectivity index (χ4n) is 2.02. The lowest BCUT2D eigenvalue weighted by molar-refractivity contribution is -0.153. The van der Waals surface area contributed by atoms with Crippen molar-refractivity contribution in [2.45, 2.75) is 31.6 Å². The molecule has 0 saturated heterocycles. The van der Waals surface area contributed by atoms with Crippen LogP contribution < -0.4 is 15.2 Å². The van der Waals surface area contributed by atoms with Gasteiger partial charge in [0.25, 0.3) is 0 Å². The lowest BCUT2D eigenvalue weighted by atomic mass is 10.2. The van der Waals surface area contributed by atoms with Crippen LogP contribution in [0.3, 0.4) is 0 Å². The van der Waals surface area contributed by atoms with Crippen molar-refractivity contribution in [1.82, 2.24) is 4.90 Å². The van der Waals surface area contributed by atoms with Crippen LogP contribution in [0.25, 0.3) is 0 Å². The summed E-state index contributed by atoms with van der Waals surface area (Å²) < 4.78 is 46.4. The Bertz CT molecular complexity index is 572. The molecule has 0 amide bonds. The zero-order valence-corrected chi connectivity index (χ0v) is 13.1. The van der Waals surface area contributed by atoms with Crippen molar-refractivity contribution in [2.75, 3.05) is 20.8 Å². The quantitative estimate of drug-likeness (QED) is 0.643. The first-order valence-corrected chi connectivity index (χ1v) is 7.19. The van der Waals surface area contributed by atoms with Gasteiger partial charge in [-0.3, -0.25) is 0 Å². The van der Waals surface area contributed by atoms with Crippen LogP contribution in [0, 0.1) is 0 Å². The van der Waals surface area contributed by atoms with E-state index < -0.39 is 12.8 Å². The van der Waals surface area contributed by atoms with Gasteiger partial charge in [0.05, 0.1) is 13.7 Å². The van der Waals surface area contributed by atoms with E-state index in [0.29, 0.717) is 18.5 Å². The van der Waals surface area contributed by atoms with Gasteiger partial charge in [-0.1, -0.05) is 6.07 Å². The van der Waals surface area contributed by atoms with E-state index >= 15 is 0 Å². The first kappa shape index (κ1) is 17.2. The van der Waals surface area contributed by atoms with Gasteiger partial charge in [-0.25, -0.2) is 4.99 Å². The Labute approximate surface area is 132 Å². The van der Waals surface area contributed by atoms with Gasteiger partial charge in [0.1, 0.15) is 0 Å². The van der Waals surface area contributed by atoms with E-state index in [1.165, 1.54) is 13.2 Å². The van der Waals surface area contributed by atoms with Crippen molar-refractivity contribution in [3.63, 3.8) is 0 Å². The van der Waals surface area contributed by atoms with Crippen LogP contribution in [0.4, 0.5) is 13.2 Å². The second-order valence-electron chi connectivity index (χ2n) is 5.41. The van der Waals surface area contributed by atoms with E-state index in [9.17, 15) is 13.2 Å². The highest BCUT2D eigenvalue weighted by atomic mass is 19.4. The lowest BCUT2D eigenvalue weighted by Crippen LogP contribution is -2.35. The second kappa shape index (κ2) is 6.97. The van der Waals surface area contributed by atoms with E-state index in [1.54, 1.807) is 12.1 Å². The van der Waals surface area contributed by atoms with Gasteiger partial charge in [0.15, 0.2) is 24.1 Å². The van der Waals surface area contributed by atoms with Crippen LogP contribution >= 0.6 is 0 Å². The molecule has 0 spiro atoms. The summed E-state index contributed by atoms with van der Waals surface area (Å²) in [6.45, 7) is -1.04. The first-order chi connectivity index (χ1) is 10.8. The molecule has 5 nitrogen and oxygen atoms in total. The van der Waals surface area contributed by atoms with E-state index in [1.807, 2.05) is 11.9 Å². The van der Waals surface area contributed by atoms with Gasteiger partial charge >= 0.3 is 6.18 Å². The van der Waals surface area contributed by atoms with Crippen molar-refractivity contribution in [2.24, 2.45) is 10.7 Å². The zero-order chi connectivity index (χ0) is 17.0. The Balaban J connectivity index is 2.01. The third-order valence-corrected chi connectivity index (χ3v) is 3.50. The summed E-state index contributed by atoms with van der Waals surface area (Å²) in [5.74, 6) is 0.723. The molecule has 0 radical (unpaired) electrons. The molecule has 1 fully saturated rings. The molecule has 1 aromatic rings. The predicted octanol–water partition coefficient (Wildman–Crippen LogP) is 2.55. The van der Waals surface area contributed by atoms with Gasteiger partial charge in [-0.05, 0) is 30.5 Å². The molecule has 8 heteroatoms. The molecule has 0 aromatic heterocycles. The zero-order valence-electron chi connectivity index (χ0n) is 13.1. The summed E-state index contributed by atoms with van der Waals surface area (Å²) in [5, 5.41) is 0. The van der Waals surface area contributed by atoms with Gasteiger partial charge in [0.2, 0.25) is 0 Å². The number of hydrogen-bond acceptors (Lipinski definition) is 3. The number of rotatable bonds is 6. The van der Waals surface area contributed by atoms with Gasteiger partial charge in [0, 0.05) is 13.1 Å². The lowest BCUT2D eigenvalue weighted by Gasteiger charge is -2.17. The maximum absolute atomic E-state index is 12.2. The largest absolute Gasteiger partial charge is 0.493 e. The Morgan fingerprint density at radius 2 is 2.04 bits per heavy atom. The molecule has 128 valence electrons. The average molecular weight is 331 g/mol. The first-order valence-electron chi connectivity index (χ1n) is 7.19. The fraction of sp³-hybridized carbons (Fsp3) is 0.533. The number of aliphatic imine (C=N–C) groups is 1. The number of ether oxygens (including phenoxy) is 2. The highest BCUT2D eigenvalue weighted by molar-refractivity contribution is 5.78. The molecule has 1 saturated carbocycles. The molecule has 0 heterocycles. The minimum Gasteiger partial charge on any atom is -0.493 e. The third kappa shape index (κ3) is 5.22. The fourth-order valence-corrected chi connectivity index (χ4v) is 2.02. The molecule has 2 N–H and O–H groups in total.